The van der Waals surface area contributed by atoms with Crippen LogP contribution in [0.15, 0.2) is 12.3 Å². The lowest BCUT2D eigenvalue weighted by Gasteiger charge is -2.36. The minimum absolute atomic E-state index is 0.710. The van der Waals surface area contributed by atoms with Gasteiger partial charge in [0.25, 0.3) is 0 Å². The molecule has 2 rings (SSSR count). The van der Waals surface area contributed by atoms with Crippen molar-refractivity contribution in [2.24, 2.45) is 18.9 Å². The number of hydrogen-bond acceptors (Lipinski definition) is 2. The highest BCUT2D eigenvalue weighted by molar-refractivity contribution is 7.80. The molecule has 1 N–H and O–H groups in total. The molecule has 0 unspecified atom stereocenters. The first-order valence-corrected chi connectivity index (χ1v) is 6.51. The second-order valence-corrected chi connectivity index (χ2v) is 5.54. The Morgan fingerprint density at radius 2 is 2.06 bits per heavy atom. The minimum Gasteiger partial charge on any atom is -0.348 e. The van der Waals surface area contributed by atoms with Gasteiger partial charge in [-0.3, -0.25) is 4.68 Å². The molecule has 0 saturated carbocycles. The van der Waals surface area contributed by atoms with Crippen LogP contribution < -0.4 is 5.32 Å². The summed E-state index contributed by atoms with van der Waals surface area (Å²) in [4.78, 5) is 2.25. The van der Waals surface area contributed by atoms with Crippen LogP contribution in [0.25, 0.3) is 0 Å². The summed E-state index contributed by atoms with van der Waals surface area (Å²) in [6.45, 7) is 6.66. The number of hydrogen-bond donors (Lipinski definition) is 1. The Morgan fingerprint density at radius 1 is 1.41 bits per heavy atom. The molecule has 2 heterocycles. The van der Waals surface area contributed by atoms with E-state index < -0.39 is 0 Å². The van der Waals surface area contributed by atoms with E-state index in [1.807, 2.05) is 19.3 Å². The number of piperidine rings is 1. The van der Waals surface area contributed by atoms with Crippen molar-refractivity contribution < 1.29 is 0 Å². The third-order valence-electron chi connectivity index (χ3n) is 3.10. The predicted octanol–water partition coefficient (Wildman–Crippen LogP) is 2.09. The summed E-state index contributed by atoms with van der Waals surface area (Å²) >= 11 is 5.44. The van der Waals surface area contributed by atoms with Gasteiger partial charge in [0.05, 0.1) is 0 Å². The van der Waals surface area contributed by atoms with Crippen LogP contribution in [0.1, 0.15) is 20.3 Å². The van der Waals surface area contributed by atoms with Crippen molar-refractivity contribution in [2.45, 2.75) is 20.3 Å². The van der Waals surface area contributed by atoms with Crippen molar-refractivity contribution >= 4 is 23.1 Å². The number of rotatable bonds is 1. The average molecular weight is 252 g/mol. The van der Waals surface area contributed by atoms with Gasteiger partial charge in [0.1, 0.15) is 0 Å². The van der Waals surface area contributed by atoms with E-state index in [1.165, 1.54) is 6.42 Å². The second kappa shape index (κ2) is 5.04. The lowest BCUT2D eigenvalue weighted by atomic mass is 9.92. The van der Waals surface area contributed by atoms with E-state index in [2.05, 4.69) is 29.2 Å². The third-order valence-corrected chi connectivity index (χ3v) is 3.46. The summed E-state index contributed by atoms with van der Waals surface area (Å²) in [5.74, 6) is 2.24. The van der Waals surface area contributed by atoms with E-state index in [-0.39, 0.29) is 0 Å². The van der Waals surface area contributed by atoms with Crippen molar-refractivity contribution in [3.8, 4) is 0 Å². The van der Waals surface area contributed by atoms with Gasteiger partial charge in [0.2, 0.25) is 0 Å². The molecule has 1 aromatic heterocycles. The predicted molar refractivity (Wildman–Crippen MR) is 73.9 cm³/mol. The standard InChI is InChI=1S/C12H20N4S/c1-9-6-10(2)8-16(7-9)12(17)13-11-4-5-15(3)14-11/h4-5,9-10H,6-8H2,1-3H3,(H,13,14,17)/t9-,10+. The molecule has 1 aliphatic heterocycles. The molecule has 0 spiro atoms. The fourth-order valence-electron chi connectivity index (χ4n) is 2.50. The van der Waals surface area contributed by atoms with Crippen LogP contribution in [0.3, 0.4) is 0 Å². The Hall–Kier alpha value is -1.10. The van der Waals surface area contributed by atoms with E-state index in [4.69, 9.17) is 12.2 Å². The molecule has 2 atom stereocenters. The zero-order chi connectivity index (χ0) is 12.4. The fourth-order valence-corrected chi connectivity index (χ4v) is 2.75. The van der Waals surface area contributed by atoms with Crippen LogP contribution in [-0.4, -0.2) is 32.9 Å². The van der Waals surface area contributed by atoms with Gasteiger partial charge in [-0.15, -0.1) is 0 Å². The Morgan fingerprint density at radius 3 is 2.59 bits per heavy atom. The number of anilines is 1. The highest BCUT2D eigenvalue weighted by Gasteiger charge is 2.23. The first kappa shape index (κ1) is 12.4. The lowest BCUT2D eigenvalue weighted by Crippen LogP contribution is -2.44. The van der Waals surface area contributed by atoms with Crippen molar-refractivity contribution in [3.63, 3.8) is 0 Å². The van der Waals surface area contributed by atoms with E-state index in [9.17, 15) is 0 Å². The Balaban J connectivity index is 1.95. The summed E-state index contributed by atoms with van der Waals surface area (Å²) in [5, 5.41) is 8.27. The average Bonchev–Trinajstić information content (AvgIpc) is 2.62. The van der Waals surface area contributed by atoms with Crippen molar-refractivity contribution in [2.75, 3.05) is 18.4 Å². The number of nitrogens with zero attached hydrogens (tertiary/aromatic N) is 3. The van der Waals surface area contributed by atoms with Crippen LogP contribution in [-0.2, 0) is 7.05 Å². The van der Waals surface area contributed by atoms with Crippen molar-refractivity contribution in [1.82, 2.24) is 14.7 Å². The largest absolute Gasteiger partial charge is 0.348 e. The molecular formula is C12H20N4S. The van der Waals surface area contributed by atoms with Crippen molar-refractivity contribution in [1.29, 1.82) is 0 Å². The molecule has 5 heteroatoms. The molecule has 1 aromatic rings. The topological polar surface area (TPSA) is 33.1 Å². The van der Waals surface area contributed by atoms with Gasteiger partial charge in [0.15, 0.2) is 10.9 Å². The molecule has 1 fully saturated rings. The highest BCUT2D eigenvalue weighted by atomic mass is 32.1. The maximum absolute atomic E-state index is 5.44. The molecule has 1 aliphatic rings. The maximum Gasteiger partial charge on any atom is 0.174 e. The van der Waals surface area contributed by atoms with Gasteiger partial charge in [-0.25, -0.2) is 0 Å². The SMILES string of the molecule is C[C@@H]1C[C@H](C)CN(C(=S)Nc2ccn(C)n2)C1. The Kier molecular flexibility index (Phi) is 3.66. The van der Waals surface area contributed by atoms with Gasteiger partial charge in [-0.1, -0.05) is 13.8 Å². The van der Waals surface area contributed by atoms with E-state index in [0.29, 0.717) is 11.8 Å². The first-order chi connectivity index (χ1) is 8.04. The minimum atomic E-state index is 0.710. The molecule has 0 bridgehead atoms. The maximum atomic E-state index is 5.44. The highest BCUT2D eigenvalue weighted by Crippen LogP contribution is 2.21. The Bertz CT molecular complexity index is 391. The number of aromatic nitrogens is 2. The number of aryl methyl sites for hydroxylation is 1. The molecule has 94 valence electrons. The molecule has 0 radical (unpaired) electrons. The van der Waals surface area contributed by atoms with Gasteiger partial charge >= 0.3 is 0 Å². The molecule has 4 nitrogen and oxygen atoms in total. The first-order valence-electron chi connectivity index (χ1n) is 6.10. The fraction of sp³-hybridized carbons (Fsp3) is 0.667. The summed E-state index contributed by atoms with van der Waals surface area (Å²) < 4.78 is 1.77. The molecule has 0 aromatic carbocycles. The monoisotopic (exact) mass is 252 g/mol. The Labute approximate surface area is 108 Å². The van der Waals surface area contributed by atoms with E-state index >= 15 is 0 Å². The summed E-state index contributed by atoms with van der Waals surface area (Å²) in [5.41, 5.74) is 0. The van der Waals surface area contributed by atoms with Gasteiger partial charge in [-0.05, 0) is 30.5 Å². The van der Waals surface area contributed by atoms with Gasteiger partial charge in [-0.2, -0.15) is 5.10 Å². The van der Waals surface area contributed by atoms with Gasteiger partial charge < -0.3 is 10.2 Å². The zero-order valence-electron chi connectivity index (χ0n) is 10.7. The molecule has 0 amide bonds. The van der Waals surface area contributed by atoms with Crippen LogP contribution in [0.4, 0.5) is 5.82 Å². The van der Waals surface area contributed by atoms with Crippen LogP contribution in [0.5, 0.6) is 0 Å². The van der Waals surface area contributed by atoms with E-state index in [0.717, 1.165) is 24.0 Å². The van der Waals surface area contributed by atoms with Crippen molar-refractivity contribution in [3.05, 3.63) is 12.3 Å². The van der Waals surface area contributed by atoms with Crippen LogP contribution >= 0.6 is 12.2 Å². The van der Waals surface area contributed by atoms with Crippen LogP contribution in [0, 0.1) is 11.8 Å². The molecule has 1 saturated heterocycles. The molecule has 0 aliphatic carbocycles. The smallest absolute Gasteiger partial charge is 0.174 e. The summed E-state index contributed by atoms with van der Waals surface area (Å²) in [7, 11) is 1.90. The number of likely N-dealkylation sites (tertiary alicyclic amines) is 1. The lowest BCUT2D eigenvalue weighted by molar-refractivity contribution is 0.216. The quantitative estimate of drug-likeness (QED) is 0.776. The number of thiocarbonyl (C=S) groups is 1. The molecular weight excluding hydrogens is 232 g/mol. The number of nitrogens with one attached hydrogen (secondary N) is 1. The van der Waals surface area contributed by atoms with Crippen LogP contribution in [0.2, 0.25) is 0 Å². The molecule has 17 heavy (non-hydrogen) atoms. The summed E-state index contributed by atoms with van der Waals surface area (Å²) in [6.07, 6.45) is 3.20. The second-order valence-electron chi connectivity index (χ2n) is 5.16. The van der Waals surface area contributed by atoms with E-state index in [1.54, 1.807) is 4.68 Å². The normalized spacial score (nSPS) is 24.8. The van der Waals surface area contributed by atoms with Gasteiger partial charge in [0, 0.05) is 32.4 Å². The zero-order valence-corrected chi connectivity index (χ0v) is 11.5. The summed E-state index contributed by atoms with van der Waals surface area (Å²) in [6, 6.07) is 1.93. The third kappa shape index (κ3) is 3.19.